The van der Waals surface area contributed by atoms with E-state index in [-0.39, 0.29) is 17.5 Å². The van der Waals surface area contributed by atoms with E-state index in [9.17, 15) is 9.59 Å². The van der Waals surface area contributed by atoms with E-state index in [1.165, 1.54) is 19.3 Å². The van der Waals surface area contributed by atoms with Gasteiger partial charge in [-0.15, -0.1) is 0 Å². The molecular formula is C23H29N5O2. The van der Waals surface area contributed by atoms with Crippen LogP contribution in [0.25, 0.3) is 11.1 Å². The first-order chi connectivity index (χ1) is 14.7. The van der Waals surface area contributed by atoms with Crippen molar-refractivity contribution >= 4 is 11.6 Å². The number of hydrogen-bond acceptors (Lipinski definition) is 5. The number of anilines is 1. The summed E-state index contributed by atoms with van der Waals surface area (Å²) < 4.78 is 0. The molecule has 7 nitrogen and oxygen atoms in total. The van der Waals surface area contributed by atoms with Crippen molar-refractivity contribution in [2.24, 2.45) is 0 Å². The first-order valence-electron chi connectivity index (χ1n) is 10.8. The fourth-order valence-electron chi connectivity index (χ4n) is 4.15. The lowest BCUT2D eigenvalue weighted by molar-refractivity contribution is -0.125. The van der Waals surface area contributed by atoms with Crippen molar-refractivity contribution in [2.75, 3.05) is 38.0 Å². The summed E-state index contributed by atoms with van der Waals surface area (Å²) in [6, 6.07) is 5.74. The van der Waals surface area contributed by atoms with Gasteiger partial charge in [-0.05, 0) is 56.1 Å². The quantitative estimate of drug-likeness (QED) is 0.719. The minimum Gasteiger partial charge on any atom is -0.376 e. The molecule has 2 aromatic heterocycles. The number of hydrogen-bond donors (Lipinski definition) is 2. The molecule has 0 saturated carbocycles. The first kappa shape index (κ1) is 20.3. The largest absolute Gasteiger partial charge is 0.376 e. The molecule has 4 rings (SSSR count). The number of rotatable bonds is 6. The van der Waals surface area contributed by atoms with Crippen molar-refractivity contribution in [2.45, 2.75) is 31.7 Å². The Labute approximate surface area is 176 Å². The third-order valence-electron chi connectivity index (χ3n) is 5.85. The average molecular weight is 408 g/mol. The van der Waals surface area contributed by atoms with E-state index in [2.05, 4.69) is 20.2 Å². The minimum atomic E-state index is -0.154. The number of nitrogens with zero attached hydrogens (tertiary/aromatic N) is 3. The molecule has 0 radical (unpaired) electrons. The maximum absolute atomic E-state index is 12.5. The first-order valence-corrected chi connectivity index (χ1v) is 10.8. The summed E-state index contributed by atoms with van der Waals surface area (Å²) in [5.74, 6) is 0.0516. The van der Waals surface area contributed by atoms with E-state index in [1.54, 1.807) is 24.7 Å². The molecule has 2 aliphatic heterocycles. The van der Waals surface area contributed by atoms with Gasteiger partial charge in [0.25, 0.3) is 5.56 Å². The molecular weight excluding hydrogens is 378 g/mol. The molecule has 0 unspecified atom stereocenters. The number of amides is 1. The summed E-state index contributed by atoms with van der Waals surface area (Å²) in [5.41, 5.74) is 2.29. The second-order valence-corrected chi connectivity index (χ2v) is 8.04. The van der Waals surface area contributed by atoms with Gasteiger partial charge in [-0.1, -0.05) is 12.5 Å². The average Bonchev–Trinajstić information content (AvgIpc) is 3.25. The summed E-state index contributed by atoms with van der Waals surface area (Å²) in [6.07, 6.45) is 13.5. The predicted molar refractivity (Wildman–Crippen MR) is 118 cm³/mol. The van der Waals surface area contributed by atoms with Gasteiger partial charge in [0.1, 0.15) is 5.69 Å². The highest BCUT2D eigenvalue weighted by atomic mass is 16.2. The third-order valence-corrected chi connectivity index (χ3v) is 5.85. The van der Waals surface area contributed by atoms with Crippen molar-refractivity contribution < 1.29 is 4.79 Å². The molecule has 4 heterocycles. The fraction of sp³-hybridized carbons (Fsp3) is 0.435. The smallest absolute Gasteiger partial charge is 0.271 e. The zero-order valence-corrected chi connectivity index (χ0v) is 17.2. The van der Waals surface area contributed by atoms with Crippen molar-refractivity contribution in [3.05, 3.63) is 59.3 Å². The maximum atomic E-state index is 12.5. The molecule has 30 heavy (non-hydrogen) atoms. The van der Waals surface area contributed by atoms with E-state index >= 15 is 0 Å². The van der Waals surface area contributed by atoms with Crippen LogP contribution in [0.2, 0.25) is 0 Å². The van der Waals surface area contributed by atoms with Crippen LogP contribution in [-0.4, -0.2) is 64.4 Å². The highest BCUT2D eigenvalue weighted by molar-refractivity contribution is 5.87. The van der Waals surface area contributed by atoms with E-state index in [0.29, 0.717) is 18.8 Å². The Hall–Kier alpha value is -2.93. The molecule has 0 aliphatic carbocycles. The SMILES string of the molecule is O=C(/C=C/CN1CCCCC1)N1CC[C@@H](Nc2cc(-c3ccncc3)c[nH]c2=O)C1. The summed E-state index contributed by atoms with van der Waals surface area (Å²) in [5, 5.41) is 3.33. The van der Waals surface area contributed by atoms with Crippen molar-refractivity contribution in [3.63, 3.8) is 0 Å². The van der Waals surface area contributed by atoms with Crippen LogP contribution in [0.5, 0.6) is 0 Å². The summed E-state index contributed by atoms with van der Waals surface area (Å²) >= 11 is 0. The van der Waals surface area contributed by atoms with Crippen LogP contribution >= 0.6 is 0 Å². The Morgan fingerprint density at radius 3 is 2.77 bits per heavy atom. The highest BCUT2D eigenvalue weighted by Crippen LogP contribution is 2.20. The lowest BCUT2D eigenvalue weighted by Crippen LogP contribution is -2.32. The van der Waals surface area contributed by atoms with Crippen molar-refractivity contribution in [1.29, 1.82) is 0 Å². The Morgan fingerprint density at radius 1 is 1.17 bits per heavy atom. The summed E-state index contributed by atoms with van der Waals surface area (Å²) in [4.78, 5) is 35.9. The number of pyridine rings is 2. The van der Waals surface area contributed by atoms with Gasteiger partial charge in [-0.25, -0.2) is 0 Å². The zero-order valence-electron chi connectivity index (χ0n) is 17.2. The van der Waals surface area contributed by atoms with Crippen LogP contribution in [0, 0.1) is 0 Å². The normalized spacial score (nSPS) is 20.0. The van der Waals surface area contributed by atoms with Gasteiger partial charge in [0, 0.05) is 55.9 Å². The molecule has 0 spiro atoms. The van der Waals surface area contributed by atoms with Crippen LogP contribution in [0.3, 0.4) is 0 Å². The Balaban J connectivity index is 1.32. The third kappa shape index (κ3) is 5.16. The Kier molecular flexibility index (Phi) is 6.59. The van der Waals surface area contributed by atoms with Gasteiger partial charge in [-0.2, -0.15) is 0 Å². The predicted octanol–water partition coefficient (Wildman–Crippen LogP) is 2.49. The Morgan fingerprint density at radius 2 is 1.97 bits per heavy atom. The van der Waals surface area contributed by atoms with E-state index in [4.69, 9.17) is 0 Å². The number of nitrogens with one attached hydrogen (secondary N) is 2. The molecule has 1 amide bonds. The van der Waals surface area contributed by atoms with Crippen LogP contribution < -0.4 is 10.9 Å². The van der Waals surface area contributed by atoms with Gasteiger partial charge in [-0.3, -0.25) is 19.5 Å². The number of aromatic amines is 1. The van der Waals surface area contributed by atoms with Gasteiger partial charge in [0.2, 0.25) is 5.91 Å². The number of H-pyrrole nitrogens is 1. The second kappa shape index (κ2) is 9.71. The van der Waals surface area contributed by atoms with Crippen LogP contribution in [0.1, 0.15) is 25.7 Å². The van der Waals surface area contributed by atoms with E-state index in [1.807, 2.05) is 29.2 Å². The maximum Gasteiger partial charge on any atom is 0.271 e. The highest BCUT2D eigenvalue weighted by Gasteiger charge is 2.25. The lowest BCUT2D eigenvalue weighted by Gasteiger charge is -2.24. The van der Waals surface area contributed by atoms with Gasteiger partial charge >= 0.3 is 0 Å². The summed E-state index contributed by atoms with van der Waals surface area (Å²) in [6.45, 7) is 4.40. The second-order valence-electron chi connectivity index (χ2n) is 8.04. The van der Waals surface area contributed by atoms with Crippen molar-refractivity contribution in [1.82, 2.24) is 19.8 Å². The number of carbonyl (C=O) groups is 1. The van der Waals surface area contributed by atoms with Gasteiger partial charge in [0.15, 0.2) is 0 Å². The lowest BCUT2D eigenvalue weighted by atomic mass is 10.1. The fourth-order valence-corrected chi connectivity index (χ4v) is 4.15. The van der Waals surface area contributed by atoms with Crippen molar-refractivity contribution in [3.8, 4) is 11.1 Å². The molecule has 2 aromatic rings. The summed E-state index contributed by atoms with van der Waals surface area (Å²) in [7, 11) is 0. The van der Waals surface area contributed by atoms with Crippen LogP contribution in [-0.2, 0) is 4.79 Å². The van der Waals surface area contributed by atoms with E-state index < -0.39 is 0 Å². The van der Waals surface area contributed by atoms with E-state index in [0.717, 1.165) is 37.2 Å². The number of piperidine rings is 1. The molecule has 0 aromatic carbocycles. The molecule has 158 valence electrons. The minimum absolute atomic E-state index is 0.0516. The van der Waals surface area contributed by atoms with Gasteiger partial charge < -0.3 is 15.2 Å². The van der Waals surface area contributed by atoms with Gasteiger partial charge in [0.05, 0.1) is 0 Å². The monoisotopic (exact) mass is 407 g/mol. The molecule has 1 atom stereocenters. The van der Waals surface area contributed by atoms with Crippen LogP contribution in [0.15, 0.2) is 53.7 Å². The molecule has 2 fully saturated rings. The number of aromatic nitrogens is 2. The van der Waals surface area contributed by atoms with Crippen LogP contribution in [0.4, 0.5) is 5.69 Å². The molecule has 7 heteroatoms. The standard InChI is InChI=1S/C23H29N5O2/c29-22(5-4-13-27-11-2-1-3-12-27)28-14-8-20(17-28)26-21-15-19(16-25-23(21)30)18-6-9-24-10-7-18/h4-7,9-10,15-16,20,26H,1-3,8,11-14,17H2,(H,25,30)/b5-4+/t20-/m1/s1. The number of likely N-dealkylation sites (tertiary alicyclic amines) is 2. The molecule has 2 saturated heterocycles. The molecule has 0 bridgehead atoms. The number of carbonyl (C=O) groups excluding carboxylic acids is 1. The molecule has 2 N–H and O–H groups in total. The molecule has 2 aliphatic rings. The topological polar surface area (TPSA) is 81.3 Å². The zero-order chi connectivity index (χ0) is 20.8. The Bertz CT molecular complexity index is 934.